The standard InChI is InChI=1S/C12H19N3O2/c1-5-12(3,4)7-14-11-13-6-9(10(16)17)8(2)15-11/h6H,5,7H2,1-4H3,(H,16,17)(H,13,14,15). The number of carbonyl (C=O) groups is 1. The van der Waals surface area contributed by atoms with Gasteiger partial charge >= 0.3 is 5.97 Å². The maximum absolute atomic E-state index is 10.8. The lowest BCUT2D eigenvalue weighted by molar-refractivity contribution is 0.0695. The van der Waals surface area contributed by atoms with Crippen LogP contribution < -0.4 is 5.32 Å². The molecule has 0 aliphatic heterocycles. The van der Waals surface area contributed by atoms with Gasteiger partial charge in [0, 0.05) is 12.7 Å². The molecule has 0 saturated heterocycles. The zero-order valence-electron chi connectivity index (χ0n) is 10.7. The fraction of sp³-hybridized carbons (Fsp3) is 0.583. The fourth-order valence-corrected chi connectivity index (χ4v) is 1.21. The van der Waals surface area contributed by atoms with E-state index in [1.54, 1.807) is 6.92 Å². The molecule has 1 aromatic heterocycles. The van der Waals surface area contributed by atoms with Crippen LogP contribution in [0.3, 0.4) is 0 Å². The molecule has 0 amide bonds. The number of carboxylic acids is 1. The van der Waals surface area contributed by atoms with Gasteiger partial charge in [-0.3, -0.25) is 0 Å². The van der Waals surface area contributed by atoms with Crippen LogP contribution in [-0.2, 0) is 0 Å². The molecule has 94 valence electrons. The number of rotatable bonds is 5. The number of hydrogen-bond acceptors (Lipinski definition) is 4. The van der Waals surface area contributed by atoms with Gasteiger partial charge in [-0.15, -0.1) is 0 Å². The van der Waals surface area contributed by atoms with Gasteiger partial charge in [0.1, 0.15) is 0 Å². The van der Waals surface area contributed by atoms with E-state index >= 15 is 0 Å². The van der Waals surface area contributed by atoms with Crippen molar-refractivity contribution >= 4 is 11.9 Å². The van der Waals surface area contributed by atoms with Crippen molar-refractivity contribution < 1.29 is 9.90 Å². The molecule has 0 atom stereocenters. The Morgan fingerprint density at radius 3 is 2.65 bits per heavy atom. The first-order valence-electron chi connectivity index (χ1n) is 5.66. The van der Waals surface area contributed by atoms with E-state index in [-0.39, 0.29) is 11.0 Å². The van der Waals surface area contributed by atoms with Crippen LogP contribution in [0.25, 0.3) is 0 Å². The summed E-state index contributed by atoms with van der Waals surface area (Å²) in [7, 11) is 0. The zero-order valence-corrected chi connectivity index (χ0v) is 10.7. The first-order chi connectivity index (χ1) is 7.85. The topological polar surface area (TPSA) is 75.1 Å². The molecule has 0 aromatic carbocycles. The van der Waals surface area contributed by atoms with E-state index in [1.165, 1.54) is 6.20 Å². The smallest absolute Gasteiger partial charge is 0.339 e. The number of nitrogens with zero attached hydrogens (tertiary/aromatic N) is 2. The second-order valence-electron chi connectivity index (χ2n) is 4.87. The second kappa shape index (κ2) is 5.12. The lowest BCUT2D eigenvalue weighted by atomic mass is 9.90. The van der Waals surface area contributed by atoms with Gasteiger partial charge in [0.15, 0.2) is 0 Å². The Morgan fingerprint density at radius 1 is 1.53 bits per heavy atom. The van der Waals surface area contributed by atoms with Crippen LogP contribution in [0.4, 0.5) is 5.95 Å². The molecule has 2 N–H and O–H groups in total. The van der Waals surface area contributed by atoms with E-state index in [2.05, 4.69) is 36.1 Å². The molecule has 0 aliphatic carbocycles. The zero-order chi connectivity index (χ0) is 13.1. The molecule has 0 spiro atoms. The minimum atomic E-state index is -0.997. The van der Waals surface area contributed by atoms with E-state index in [4.69, 9.17) is 5.11 Å². The highest BCUT2D eigenvalue weighted by Gasteiger charge is 2.16. The largest absolute Gasteiger partial charge is 0.478 e. The van der Waals surface area contributed by atoms with Crippen LogP contribution in [0.1, 0.15) is 43.2 Å². The minimum Gasteiger partial charge on any atom is -0.478 e. The number of nitrogens with one attached hydrogen (secondary N) is 1. The quantitative estimate of drug-likeness (QED) is 0.822. The number of aromatic nitrogens is 2. The number of anilines is 1. The van der Waals surface area contributed by atoms with Crippen molar-refractivity contribution in [1.82, 2.24) is 9.97 Å². The minimum absolute atomic E-state index is 0.144. The average Bonchev–Trinajstić information content (AvgIpc) is 2.26. The molecular formula is C12H19N3O2. The Balaban J connectivity index is 2.75. The predicted octanol–water partition coefficient (Wildman–Crippen LogP) is 2.33. The fourth-order valence-electron chi connectivity index (χ4n) is 1.21. The number of aromatic carboxylic acids is 1. The number of hydrogen-bond donors (Lipinski definition) is 2. The normalized spacial score (nSPS) is 11.3. The summed E-state index contributed by atoms with van der Waals surface area (Å²) in [6.07, 6.45) is 2.39. The Morgan fingerprint density at radius 2 is 2.18 bits per heavy atom. The molecule has 0 aliphatic rings. The Hall–Kier alpha value is -1.65. The van der Waals surface area contributed by atoms with Crippen molar-refractivity contribution in [3.63, 3.8) is 0 Å². The molecule has 17 heavy (non-hydrogen) atoms. The molecule has 5 nitrogen and oxygen atoms in total. The van der Waals surface area contributed by atoms with Crippen LogP contribution in [0.2, 0.25) is 0 Å². The molecule has 1 aromatic rings. The highest BCUT2D eigenvalue weighted by Crippen LogP contribution is 2.19. The lowest BCUT2D eigenvalue weighted by Crippen LogP contribution is -2.23. The molecule has 0 bridgehead atoms. The third-order valence-electron chi connectivity index (χ3n) is 2.89. The third-order valence-corrected chi connectivity index (χ3v) is 2.89. The molecule has 0 saturated carbocycles. The molecular weight excluding hydrogens is 218 g/mol. The summed E-state index contributed by atoms with van der Waals surface area (Å²) in [6, 6.07) is 0. The maximum Gasteiger partial charge on any atom is 0.339 e. The van der Waals surface area contributed by atoms with E-state index in [9.17, 15) is 4.79 Å². The second-order valence-corrected chi connectivity index (χ2v) is 4.87. The van der Waals surface area contributed by atoms with E-state index < -0.39 is 5.97 Å². The first-order valence-corrected chi connectivity index (χ1v) is 5.66. The monoisotopic (exact) mass is 237 g/mol. The summed E-state index contributed by atoms with van der Waals surface area (Å²) in [5.74, 6) is -0.517. The third kappa shape index (κ3) is 3.69. The molecule has 0 unspecified atom stereocenters. The summed E-state index contributed by atoms with van der Waals surface area (Å²) in [4.78, 5) is 18.9. The Kier molecular flexibility index (Phi) is 4.04. The van der Waals surface area contributed by atoms with Gasteiger partial charge in [-0.2, -0.15) is 0 Å². The Bertz CT molecular complexity index is 416. The van der Waals surface area contributed by atoms with Gasteiger partial charge in [0.25, 0.3) is 0 Å². The van der Waals surface area contributed by atoms with Gasteiger partial charge < -0.3 is 10.4 Å². The average molecular weight is 237 g/mol. The van der Waals surface area contributed by atoms with Crippen LogP contribution in [-0.4, -0.2) is 27.6 Å². The van der Waals surface area contributed by atoms with Gasteiger partial charge in [0.2, 0.25) is 5.95 Å². The SMILES string of the molecule is CCC(C)(C)CNc1ncc(C(=O)O)c(C)n1. The van der Waals surface area contributed by atoms with Crippen LogP contribution >= 0.6 is 0 Å². The number of carboxylic acid groups (broad SMARTS) is 1. The Labute approximate surface area is 101 Å². The van der Waals surface area contributed by atoms with Crippen molar-refractivity contribution in [2.75, 3.05) is 11.9 Å². The van der Waals surface area contributed by atoms with Gasteiger partial charge in [-0.1, -0.05) is 20.8 Å². The lowest BCUT2D eigenvalue weighted by Gasteiger charge is -2.22. The van der Waals surface area contributed by atoms with E-state index in [0.29, 0.717) is 11.6 Å². The van der Waals surface area contributed by atoms with Crippen molar-refractivity contribution in [2.45, 2.75) is 34.1 Å². The van der Waals surface area contributed by atoms with Crippen LogP contribution in [0.5, 0.6) is 0 Å². The van der Waals surface area contributed by atoms with Crippen LogP contribution in [0.15, 0.2) is 6.20 Å². The predicted molar refractivity (Wildman–Crippen MR) is 66.3 cm³/mol. The summed E-state index contributed by atoms with van der Waals surface area (Å²) in [5, 5.41) is 12.0. The van der Waals surface area contributed by atoms with Crippen molar-refractivity contribution in [3.05, 3.63) is 17.5 Å². The van der Waals surface area contributed by atoms with Crippen molar-refractivity contribution in [1.29, 1.82) is 0 Å². The molecule has 1 rings (SSSR count). The maximum atomic E-state index is 10.8. The van der Waals surface area contributed by atoms with Gasteiger partial charge in [0.05, 0.1) is 11.3 Å². The summed E-state index contributed by atoms with van der Waals surface area (Å²) < 4.78 is 0. The first kappa shape index (κ1) is 13.4. The van der Waals surface area contributed by atoms with Crippen LogP contribution in [0, 0.1) is 12.3 Å². The van der Waals surface area contributed by atoms with Gasteiger partial charge in [-0.25, -0.2) is 14.8 Å². The molecule has 0 radical (unpaired) electrons. The highest BCUT2D eigenvalue weighted by atomic mass is 16.4. The summed E-state index contributed by atoms with van der Waals surface area (Å²) in [6.45, 7) is 8.86. The number of aryl methyl sites for hydroxylation is 1. The van der Waals surface area contributed by atoms with Crippen molar-refractivity contribution in [2.24, 2.45) is 5.41 Å². The van der Waals surface area contributed by atoms with Crippen molar-refractivity contribution in [3.8, 4) is 0 Å². The summed E-state index contributed by atoms with van der Waals surface area (Å²) in [5.41, 5.74) is 0.789. The van der Waals surface area contributed by atoms with E-state index in [1.807, 2.05) is 0 Å². The summed E-state index contributed by atoms with van der Waals surface area (Å²) >= 11 is 0. The van der Waals surface area contributed by atoms with E-state index in [0.717, 1.165) is 13.0 Å². The molecule has 0 fully saturated rings. The van der Waals surface area contributed by atoms with Gasteiger partial charge in [-0.05, 0) is 18.8 Å². The molecule has 1 heterocycles. The molecule has 5 heteroatoms. The highest BCUT2D eigenvalue weighted by molar-refractivity contribution is 5.88.